The van der Waals surface area contributed by atoms with Crippen molar-refractivity contribution in [3.63, 3.8) is 0 Å². The lowest BCUT2D eigenvalue weighted by Gasteiger charge is -2.33. The van der Waals surface area contributed by atoms with Crippen LogP contribution in [-0.2, 0) is 11.0 Å². The van der Waals surface area contributed by atoms with Crippen LogP contribution < -0.4 is 10.2 Å². The summed E-state index contributed by atoms with van der Waals surface area (Å²) in [4.78, 5) is 17.8. The van der Waals surface area contributed by atoms with Crippen LogP contribution in [0.2, 0.25) is 0 Å². The average Bonchev–Trinajstić information content (AvgIpc) is 2.72. The minimum absolute atomic E-state index is 0.103. The van der Waals surface area contributed by atoms with E-state index in [9.17, 15) is 31.1 Å². The van der Waals surface area contributed by atoms with E-state index >= 15 is 0 Å². The van der Waals surface area contributed by atoms with E-state index in [0.717, 1.165) is 12.3 Å². The first kappa shape index (κ1) is 22.6. The summed E-state index contributed by atoms with van der Waals surface area (Å²) in [7, 11) is 0. The number of carbonyl (C=O) groups is 1. The summed E-state index contributed by atoms with van der Waals surface area (Å²) in [6.07, 6.45) is -6.99. The van der Waals surface area contributed by atoms with Crippen LogP contribution in [0.1, 0.15) is 24.0 Å². The van der Waals surface area contributed by atoms with Gasteiger partial charge in [0, 0.05) is 31.4 Å². The second-order valence-electron chi connectivity index (χ2n) is 7.09. The summed E-state index contributed by atoms with van der Waals surface area (Å²) in [6.45, 7) is 0.801. The molecule has 166 valence electrons. The van der Waals surface area contributed by atoms with Crippen molar-refractivity contribution in [2.24, 2.45) is 0 Å². The number of amides is 1. The highest BCUT2D eigenvalue weighted by molar-refractivity contribution is 5.96. The molecule has 1 fully saturated rings. The van der Waals surface area contributed by atoms with Crippen molar-refractivity contribution in [1.82, 2.24) is 10.3 Å². The van der Waals surface area contributed by atoms with Gasteiger partial charge in [-0.15, -0.1) is 0 Å². The summed E-state index contributed by atoms with van der Waals surface area (Å²) >= 11 is 0. The monoisotopic (exact) mass is 443 g/mol. The number of alkyl halides is 6. The number of nitrogens with zero attached hydrogens (tertiary/aromatic N) is 2. The van der Waals surface area contributed by atoms with E-state index in [4.69, 9.17) is 0 Å². The van der Waals surface area contributed by atoms with E-state index in [1.54, 1.807) is 11.0 Å². The third kappa shape index (κ3) is 5.99. The maximum atomic E-state index is 13.4. The summed E-state index contributed by atoms with van der Waals surface area (Å²) in [5, 5.41) is 2.58. The van der Waals surface area contributed by atoms with Crippen LogP contribution in [0.25, 0.3) is 5.57 Å². The molecule has 1 aromatic carbocycles. The fourth-order valence-electron chi connectivity index (χ4n) is 3.31. The lowest BCUT2D eigenvalue weighted by atomic mass is 10.0. The summed E-state index contributed by atoms with van der Waals surface area (Å²) in [5.41, 5.74) is -1.98. The Morgan fingerprint density at radius 3 is 2.16 bits per heavy atom. The molecule has 4 nitrogen and oxygen atoms in total. The molecule has 0 saturated carbocycles. The number of aromatic nitrogens is 1. The second-order valence-corrected chi connectivity index (χ2v) is 7.09. The van der Waals surface area contributed by atoms with Gasteiger partial charge in [0.25, 0.3) is 0 Å². The van der Waals surface area contributed by atoms with Gasteiger partial charge in [-0.3, -0.25) is 4.79 Å². The third-order valence-corrected chi connectivity index (χ3v) is 4.91. The molecule has 0 radical (unpaired) electrons. The molecule has 3 rings (SSSR count). The van der Waals surface area contributed by atoms with Gasteiger partial charge in [0.2, 0.25) is 5.91 Å². The summed E-state index contributed by atoms with van der Waals surface area (Å²) < 4.78 is 78.0. The summed E-state index contributed by atoms with van der Waals surface area (Å²) in [6, 6.07) is 8.93. The van der Waals surface area contributed by atoms with E-state index in [-0.39, 0.29) is 11.6 Å². The summed E-state index contributed by atoms with van der Waals surface area (Å²) in [5.74, 6) is -0.469. The molecule has 1 aliphatic rings. The topological polar surface area (TPSA) is 45.2 Å². The predicted octanol–water partition coefficient (Wildman–Crippen LogP) is 4.83. The number of piperidine rings is 1. The number of hydrogen-bond acceptors (Lipinski definition) is 3. The molecule has 1 saturated heterocycles. The molecule has 0 aliphatic carbocycles. The van der Waals surface area contributed by atoms with Gasteiger partial charge in [-0.1, -0.05) is 30.3 Å². The van der Waals surface area contributed by atoms with Crippen LogP contribution in [0.3, 0.4) is 0 Å². The Bertz CT molecular complexity index is 915. The first-order chi connectivity index (χ1) is 14.5. The number of benzene rings is 1. The van der Waals surface area contributed by atoms with Crippen molar-refractivity contribution >= 4 is 17.3 Å². The number of carbonyl (C=O) groups excluding carboxylic acids is 1. The molecule has 0 bridgehead atoms. The van der Waals surface area contributed by atoms with E-state index in [0.29, 0.717) is 37.8 Å². The molecule has 1 amide bonds. The van der Waals surface area contributed by atoms with Crippen molar-refractivity contribution in [3.8, 4) is 0 Å². The molecule has 0 unspecified atom stereocenters. The Kier molecular flexibility index (Phi) is 6.56. The molecule has 0 atom stereocenters. The van der Waals surface area contributed by atoms with Crippen LogP contribution in [-0.4, -0.2) is 36.2 Å². The molecule has 31 heavy (non-hydrogen) atoms. The Labute approximate surface area is 174 Å². The number of hydrogen-bond donors (Lipinski definition) is 1. The van der Waals surface area contributed by atoms with Gasteiger partial charge in [-0.2, -0.15) is 26.3 Å². The van der Waals surface area contributed by atoms with Crippen LogP contribution in [0, 0.1) is 0 Å². The number of pyridine rings is 1. The fourth-order valence-corrected chi connectivity index (χ4v) is 3.31. The molecule has 2 heterocycles. The number of anilines is 1. The lowest BCUT2D eigenvalue weighted by molar-refractivity contribution is -0.137. The molecule has 1 aromatic heterocycles. The first-order valence-electron chi connectivity index (χ1n) is 9.47. The SMILES string of the molecule is O=C(/C=C(\c1ccccc1)C(F)(F)F)NC1CCN(c2ccc(C(F)(F)F)cn2)CC1. The van der Waals surface area contributed by atoms with Gasteiger partial charge in [0.1, 0.15) is 5.82 Å². The van der Waals surface area contributed by atoms with Crippen molar-refractivity contribution in [3.05, 3.63) is 65.9 Å². The van der Waals surface area contributed by atoms with E-state index in [1.807, 2.05) is 0 Å². The maximum absolute atomic E-state index is 13.4. The first-order valence-corrected chi connectivity index (χ1v) is 9.47. The van der Waals surface area contributed by atoms with E-state index in [2.05, 4.69) is 10.3 Å². The molecule has 10 heteroatoms. The van der Waals surface area contributed by atoms with Crippen LogP contribution in [0.15, 0.2) is 54.7 Å². The van der Waals surface area contributed by atoms with Crippen LogP contribution in [0.4, 0.5) is 32.2 Å². The molecule has 1 N–H and O–H groups in total. The van der Waals surface area contributed by atoms with Crippen molar-refractivity contribution < 1.29 is 31.1 Å². The number of halogens is 6. The zero-order chi connectivity index (χ0) is 22.6. The Morgan fingerprint density at radius 1 is 1.00 bits per heavy atom. The highest BCUT2D eigenvalue weighted by atomic mass is 19.4. The highest BCUT2D eigenvalue weighted by Crippen LogP contribution is 2.33. The van der Waals surface area contributed by atoms with Gasteiger partial charge in [0.15, 0.2) is 0 Å². The van der Waals surface area contributed by atoms with Gasteiger partial charge >= 0.3 is 12.4 Å². The van der Waals surface area contributed by atoms with Crippen molar-refractivity contribution in [1.29, 1.82) is 0 Å². The number of nitrogens with one attached hydrogen (secondary N) is 1. The normalized spacial score (nSPS) is 16.3. The smallest absolute Gasteiger partial charge is 0.356 e. The van der Waals surface area contributed by atoms with Crippen LogP contribution >= 0.6 is 0 Å². The highest BCUT2D eigenvalue weighted by Gasteiger charge is 2.35. The quantitative estimate of drug-likeness (QED) is 0.544. The minimum atomic E-state index is -4.68. The fraction of sp³-hybridized carbons (Fsp3) is 0.333. The average molecular weight is 443 g/mol. The van der Waals surface area contributed by atoms with Crippen molar-refractivity contribution in [2.75, 3.05) is 18.0 Å². The van der Waals surface area contributed by atoms with E-state index in [1.165, 1.54) is 30.3 Å². The Hall–Kier alpha value is -3.04. The zero-order valence-corrected chi connectivity index (χ0v) is 16.2. The molecular weight excluding hydrogens is 424 g/mol. The molecular formula is C21H19F6N3O. The Morgan fingerprint density at radius 2 is 1.65 bits per heavy atom. The Balaban J connectivity index is 1.60. The molecule has 2 aromatic rings. The standard InChI is InChI=1S/C21H19F6N3O/c22-20(23,24)15-6-7-18(28-13-15)30-10-8-16(9-11-30)29-19(31)12-17(21(25,26)27)14-4-2-1-3-5-14/h1-7,12-13,16H,8-11H2,(H,29,31)/b17-12+. The minimum Gasteiger partial charge on any atom is -0.356 e. The number of allylic oxidation sites excluding steroid dienone is 1. The lowest BCUT2D eigenvalue weighted by Crippen LogP contribution is -2.44. The molecule has 1 aliphatic heterocycles. The van der Waals surface area contributed by atoms with Gasteiger partial charge in [-0.25, -0.2) is 4.98 Å². The number of rotatable bonds is 4. The van der Waals surface area contributed by atoms with Gasteiger partial charge < -0.3 is 10.2 Å². The molecule has 0 spiro atoms. The van der Waals surface area contributed by atoms with Crippen LogP contribution in [0.5, 0.6) is 0 Å². The van der Waals surface area contributed by atoms with Gasteiger partial charge in [-0.05, 0) is 30.5 Å². The van der Waals surface area contributed by atoms with Crippen molar-refractivity contribution in [2.45, 2.75) is 31.2 Å². The maximum Gasteiger partial charge on any atom is 0.417 e. The zero-order valence-electron chi connectivity index (χ0n) is 16.2. The largest absolute Gasteiger partial charge is 0.417 e. The predicted molar refractivity (Wildman–Crippen MR) is 103 cm³/mol. The van der Waals surface area contributed by atoms with E-state index < -0.39 is 29.4 Å². The second kappa shape index (κ2) is 8.99. The third-order valence-electron chi connectivity index (χ3n) is 4.91. The van der Waals surface area contributed by atoms with Gasteiger partial charge in [0.05, 0.1) is 11.1 Å².